The van der Waals surface area contributed by atoms with Gasteiger partial charge in [0, 0.05) is 23.7 Å². The Labute approximate surface area is 103 Å². The molecule has 3 rings (SSSR count). The van der Waals surface area contributed by atoms with E-state index in [0.717, 1.165) is 16.7 Å². The van der Waals surface area contributed by atoms with Gasteiger partial charge in [-0.05, 0) is 24.3 Å². The maximum absolute atomic E-state index is 11.0. The number of aromatic amines is 1. The summed E-state index contributed by atoms with van der Waals surface area (Å²) in [7, 11) is 1.63. The van der Waals surface area contributed by atoms with E-state index >= 15 is 0 Å². The highest BCUT2D eigenvalue weighted by molar-refractivity contribution is 5.83. The van der Waals surface area contributed by atoms with Crippen LogP contribution in [0.2, 0.25) is 0 Å². The van der Waals surface area contributed by atoms with E-state index in [1.54, 1.807) is 13.2 Å². The van der Waals surface area contributed by atoms with Crippen molar-refractivity contribution in [1.29, 1.82) is 0 Å². The molecular formula is C13H11N3O2. The van der Waals surface area contributed by atoms with Crippen LogP contribution < -0.4 is 10.3 Å². The lowest BCUT2D eigenvalue weighted by molar-refractivity contribution is 0.415. The quantitative estimate of drug-likeness (QED) is 0.743. The summed E-state index contributed by atoms with van der Waals surface area (Å²) in [5.74, 6) is 1.45. The summed E-state index contributed by atoms with van der Waals surface area (Å²) in [6.07, 6.45) is 1.91. The maximum atomic E-state index is 11.0. The van der Waals surface area contributed by atoms with Gasteiger partial charge < -0.3 is 4.74 Å². The topological polar surface area (TPSA) is 59.9 Å². The molecule has 0 unspecified atom stereocenters. The van der Waals surface area contributed by atoms with Crippen LogP contribution in [0.25, 0.3) is 16.7 Å². The second-order valence-electron chi connectivity index (χ2n) is 3.89. The average molecular weight is 241 g/mol. The zero-order valence-corrected chi connectivity index (χ0v) is 9.75. The number of nitrogens with one attached hydrogen (secondary N) is 1. The molecule has 0 saturated carbocycles. The molecule has 1 N–H and O–H groups in total. The highest BCUT2D eigenvalue weighted by Crippen LogP contribution is 2.23. The molecule has 5 nitrogen and oxygen atoms in total. The number of fused-ring (bicyclic) bond motifs is 1. The lowest BCUT2D eigenvalue weighted by Crippen LogP contribution is -2.08. The van der Waals surface area contributed by atoms with Crippen molar-refractivity contribution in [2.75, 3.05) is 7.11 Å². The van der Waals surface area contributed by atoms with Crippen LogP contribution in [-0.4, -0.2) is 21.9 Å². The van der Waals surface area contributed by atoms with Crippen LogP contribution in [0, 0.1) is 0 Å². The zero-order chi connectivity index (χ0) is 12.5. The number of rotatable bonds is 2. The molecule has 0 bridgehead atoms. The minimum Gasteiger partial charge on any atom is -0.497 e. The van der Waals surface area contributed by atoms with Gasteiger partial charge in [-0.1, -0.05) is 0 Å². The summed E-state index contributed by atoms with van der Waals surface area (Å²) in [5, 5.41) is 7.52. The molecule has 3 aromatic rings. The Hall–Kier alpha value is -2.56. The second kappa shape index (κ2) is 4.03. The zero-order valence-electron chi connectivity index (χ0n) is 9.75. The Morgan fingerprint density at radius 3 is 2.83 bits per heavy atom. The van der Waals surface area contributed by atoms with Crippen molar-refractivity contribution >= 4 is 10.9 Å². The Balaban J connectivity index is 2.22. The largest absolute Gasteiger partial charge is 0.497 e. The van der Waals surface area contributed by atoms with Crippen molar-refractivity contribution in [3.8, 4) is 11.6 Å². The van der Waals surface area contributed by atoms with Gasteiger partial charge in [0.1, 0.15) is 5.75 Å². The van der Waals surface area contributed by atoms with Crippen LogP contribution in [0.3, 0.4) is 0 Å². The number of hydrogen-bond donors (Lipinski definition) is 1. The van der Waals surface area contributed by atoms with E-state index in [1.165, 1.54) is 6.07 Å². The normalized spacial score (nSPS) is 10.7. The Bertz CT molecular complexity index is 738. The molecule has 0 spiro atoms. The molecule has 0 fully saturated rings. The van der Waals surface area contributed by atoms with E-state index in [2.05, 4.69) is 10.2 Å². The molecule has 0 amide bonds. The first-order valence-corrected chi connectivity index (χ1v) is 5.49. The van der Waals surface area contributed by atoms with E-state index in [-0.39, 0.29) is 5.56 Å². The van der Waals surface area contributed by atoms with Crippen LogP contribution >= 0.6 is 0 Å². The van der Waals surface area contributed by atoms with Gasteiger partial charge in [-0.15, -0.1) is 0 Å². The third-order valence-electron chi connectivity index (χ3n) is 2.81. The fraction of sp³-hybridized carbons (Fsp3) is 0.0769. The number of ether oxygens (including phenoxy) is 1. The van der Waals surface area contributed by atoms with Gasteiger partial charge in [0.15, 0.2) is 5.82 Å². The van der Waals surface area contributed by atoms with Crippen LogP contribution in [0.15, 0.2) is 47.4 Å². The molecule has 1 aromatic carbocycles. The molecule has 2 aromatic heterocycles. The van der Waals surface area contributed by atoms with Crippen molar-refractivity contribution in [1.82, 2.24) is 14.8 Å². The van der Waals surface area contributed by atoms with Gasteiger partial charge >= 0.3 is 0 Å². The number of benzene rings is 1. The molecule has 0 aliphatic rings. The maximum Gasteiger partial charge on any atom is 0.264 e. The lowest BCUT2D eigenvalue weighted by atomic mass is 10.2. The predicted octanol–water partition coefficient (Wildman–Crippen LogP) is 1.72. The molecule has 90 valence electrons. The van der Waals surface area contributed by atoms with E-state index in [1.807, 2.05) is 35.0 Å². The first-order valence-electron chi connectivity index (χ1n) is 5.49. The summed E-state index contributed by atoms with van der Waals surface area (Å²) in [6, 6.07) is 10.9. The number of H-pyrrole nitrogens is 1. The number of nitrogens with zero attached hydrogens (tertiary/aromatic N) is 2. The van der Waals surface area contributed by atoms with E-state index in [4.69, 9.17) is 4.74 Å². The average Bonchev–Trinajstić information content (AvgIpc) is 2.82. The van der Waals surface area contributed by atoms with E-state index in [0.29, 0.717) is 5.82 Å². The number of hydrogen-bond acceptors (Lipinski definition) is 3. The smallest absolute Gasteiger partial charge is 0.264 e. The summed E-state index contributed by atoms with van der Waals surface area (Å²) in [4.78, 5) is 11.0. The first kappa shape index (κ1) is 10.6. The third-order valence-corrected chi connectivity index (χ3v) is 2.81. The van der Waals surface area contributed by atoms with Crippen molar-refractivity contribution in [3.63, 3.8) is 0 Å². The molecule has 2 heterocycles. The Morgan fingerprint density at radius 1 is 1.22 bits per heavy atom. The predicted molar refractivity (Wildman–Crippen MR) is 68.2 cm³/mol. The fourth-order valence-electron chi connectivity index (χ4n) is 1.91. The van der Waals surface area contributed by atoms with Gasteiger partial charge in [-0.3, -0.25) is 9.36 Å². The summed E-state index contributed by atoms with van der Waals surface area (Å²) in [6.45, 7) is 0. The van der Waals surface area contributed by atoms with Crippen LogP contribution in [0.5, 0.6) is 5.75 Å². The highest BCUT2D eigenvalue weighted by Gasteiger charge is 2.05. The van der Waals surface area contributed by atoms with Crippen molar-refractivity contribution in [2.45, 2.75) is 0 Å². The molecule has 0 radical (unpaired) electrons. The van der Waals surface area contributed by atoms with Crippen molar-refractivity contribution in [3.05, 3.63) is 52.9 Å². The van der Waals surface area contributed by atoms with E-state index < -0.39 is 0 Å². The van der Waals surface area contributed by atoms with Gasteiger partial charge in [0.2, 0.25) is 0 Å². The number of methoxy groups -OCH3 is 1. The van der Waals surface area contributed by atoms with Gasteiger partial charge in [0.05, 0.1) is 12.6 Å². The second-order valence-corrected chi connectivity index (χ2v) is 3.89. The summed E-state index contributed by atoms with van der Waals surface area (Å²) >= 11 is 0. The van der Waals surface area contributed by atoms with Crippen LogP contribution in [0.1, 0.15) is 0 Å². The standard InChI is InChI=1S/C13H11N3O2/c1-18-10-3-2-9-6-7-16(11(9)8-10)12-4-5-13(17)15-14-12/h2-8H,1H3,(H,15,17). The minimum absolute atomic E-state index is 0.215. The molecule has 18 heavy (non-hydrogen) atoms. The van der Waals surface area contributed by atoms with Gasteiger partial charge in [-0.2, -0.15) is 5.10 Å². The Morgan fingerprint density at radius 2 is 2.11 bits per heavy atom. The minimum atomic E-state index is -0.215. The molecule has 0 aliphatic carbocycles. The fourth-order valence-corrected chi connectivity index (χ4v) is 1.91. The first-order chi connectivity index (χ1) is 8.78. The molecule has 0 aliphatic heterocycles. The van der Waals surface area contributed by atoms with Crippen LogP contribution in [-0.2, 0) is 0 Å². The highest BCUT2D eigenvalue weighted by atomic mass is 16.5. The molecule has 0 atom stereocenters. The van der Waals surface area contributed by atoms with Gasteiger partial charge in [-0.25, -0.2) is 5.10 Å². The third kappa shape index (κ3) is 1.66. The lowest BCUT2D eigenvalue weighted by Gasteiger charge is -2.05. The summed E-state index contributed by atoms with van der Waals surface area (Å²) < 4.78 is 7.11. The molecule has 0 saturated heterocycles. The monoisotopic (exact) mass is 241 g/mol. The van der Waals surface area contributed by atoms with Gasteiger partial charge in [0.25, 0.3) is 5.56 Å². The summed E-state index contributed by atoms with van der Waals surface area (Å²) in [5.41, 5.74) is 0.765. The van der Waals surface area contributed by atoms with Crippen molar-refractivity contribution < 1.29 is 4.74 Å². The Kier molecular flexibility index (Phi) is 2.37. The number of aromatic nitrogens is 3. The van der Waals surface area contributed by atoms with E-state index in [9.17, 15) is 4.79 Å². The van der Waals surface area contributed by atoms with Crippen LogP contribution in [0.4, 0.5) is 0 Å². The van der Waals surface area contributed by atoms with Crippen molar-refractivity contribution in [2.24, 2.45) is 0 Å². The SMILES string of the molecule is COc1ccc2ccn(-c3ccc(=O)[nH]n3)c2c1. The molecular weight excluding hydrogens is 230 g/mol. The molecule has 5 heteroatoms.